The predicted molar refractivity (Wildman–Crippen MR) is 131 cm³/mol. The van der Waals surface area contributed by atoms with Crippen molar-refractivity contribution in [2.24, 2.45) is 0 Å². The van der Waals surface area contributed by atoms with E-state index in [0.29, 0.717) is 24.2 Å². The number of carbonyl (C=O) groups is 4. The molecule has 2 aromatic carbocycles. The second-order valence-corrected chi connectivity index (χ2v) is 11.0. The fourth-order valence-electron chi connectivity index (χ4n) is 2.95. The van der Waals surface area contributed by atoms with Gasteiger partial charge in [-0.3, -0.25) is 19.2 Å². The summed E-state index contributed by atoms with van der Waals surface area (Å²) in [6.45, 7) is 2.16. The van der Waals surface area contributed by atoms with Crippen LogP contribution in [0.3, 0.4) is 0 Å². The van der Waals surface area contributed by atoms with E-state index in [9.17, 15) is 36.0 Å². The van der Waals surface area contributed by atoms with Crippen LogP contribution >= 0.6 is 0 Å². The van der Waals surface area contributed by atoms with Crippen molar-refractivity contribution in [3.63, 3.8) is 0 Å². The summed E-state index contributed by atoms with van der Waals surface area (Å²) in [6, 6.07) is 10.6. The molecule has 0 aromatic heterocycles. The van der Waals surface area contributed by atoms with Gasteiger partial charge >= 0.3 is 0 Å². The summed E-state index contributed by atoms with van der Waals surface area (Å²) >= 11 is 0. The molecule has 0 heterocycles. The zero-order chi connectivity index (χ0) is 26.9. The number of unbranched alkanes of at least 4 members (excludes halogenated alkanes) is 1. The summed E-state index contributed by atoms with van der Waals surface area (Å²) in [5, 5.41) is 5.24. The Morgan fingerprint density at radius 1 is 0.583 bits per heavy atom. The molecule has 2 aromatic rings. The molecule has 12 nitrogen and oxygen atoms in total. The van der Waals surface area contributed by atoms with Crippen molar-refractivity contribution in [1.29, 1.82) is 0 Å². The second kappa shape index (κ2) is 12.3. The van der Waals surface area contributed by atoms with Gasteiger partial charge in [0, 0.05) is 38.1 Å². The molecule has 36 heavy (non-hydrogen) atoms. The van der Waals surface area contributed by atoms with Crippen LogP contribution in [0.25, 0.3) is 0 Å². The maximum atomic E-state index is 12.1. The highest BCUT2D eigenvalue weighted by Gasteiger charge is 2.16. The van der Waals surface area contributed by atoms with Crippen LogP contribution in [0.15, 0.2) is 58.3 Å². The van der Waals surface area contributed by atoms with Crippen LogP contribution in [-0.2, 0) is 39.2 Å². The summed E-state index contributed by atoms with van der Waals surface area (Å²) < 4.78 is 51.4. The molecule has 14 heteroatoms. The van der Waals surface area contributed by atoms with Crippen molar-refractivity contribution in [3.05, 3.63) is 48.5 Å². The first kappa shape index (κ1) is 28.5. The zero-order valence-corrected chi connectivity index (χ0v) is 21.2. The van der Waals surface area contributed by atoms with Crippen LogP contribution in [0.4, 0.5) is 11.4 Å². The molecule has 0 saturated carbocycles. The minimum atomic E-state index is -3.96. The molecule has 194 valence electrons. The Morgan fingerprint density at radius 2 is 0.889 bits per heavy atom. The SMILES string of the molecule is CC(=O)NS(=O)(=O)c1ccc(NC(=O)CCCCC(=O)Nc2ccc(S(=O)(=O)NC(C)=O)cc2)cc1. The van der Waals surface area contributed by atoms with Gasteiger partial charge in [-0.2, -0.15) is 0 Å². The van der Waals surface area contributed by atoms with Crippen LogP contribution in [0, 0.1) is 0 Å². The van der Waals surface area contributed by atoms with Gasteiger partial charge in [-0.15, -0.1) is 0 Å². The van der Waals surface area contributed by atoms with E-state index in [1.54, 1.807) is 0 Å². The van der Waals surface area contributed by atoms with Gasteiger partial charge in [-0.1, -0.05) is 0 Å². The van der Waals surface area contributed by atoms with Gasteiger partial charge in [0.2, 0.25) is 23.6 Å². The Labute approximate surface area is 209 Å². The molecule has 0 spiro atoms. The Balaban J connectivity index is 1.75. The molecule has 2 rings (SSSR count). The molecular formula is C22H26N4O8S2. The highest BCUT2D eigenvalue weighted by molar-refractivity contribution is 7.90. The molecule has 0 aliphatic carbocycles. The van der Waals surface area contributed by atoms with E-state index in [1.165, 1.54) is 48.5 Å². The molecule has 0 atom stereocenters. The van der Waals surface area contributed by atoms with Gasteiger partial charge in [-0.25, -0.2) is 26.3 Å². The first-order chi connectivity index (χ1) is 16.8. The van der Waals surface area contributed by atoms with E-state index in [4.69, 9.17) is 0 Å². The predicted octanol–water partition coefficient (Wildman–Crippen LogP) is 1.47. The van der Waals surface area contributed by atoms with Crippen LogP contribution in [0.5, 0.6) is 0 Å². The third-order valence-electron chi connectivity index (χ3n) is 4.51. The van der Waals surface area contributed by atoms with Crippen molar-refractivity contribution in [2.75, 3.05) is 10.6 Å². The topological polar surface area (TPSA) is 185 Å². The molecule has 0 aliphatic heterocycles. The summed E-state index contributed by atoms with van der Waals surface area (Å²) in [4.78, 5) is 45.9. The van der Waals surface area contributed by atoms with E-state index in [-0.39, 0.29) is 34.4 Å². The number of rotatable bonds is 11. The smallest absolute Gasteiger partial charge is 0.264 e. The van der Waals surface area contributed by atoms with Crippen molar-refractivity contribution in [3.8, 4) is 0 Å². The summed E-state index contributed by atoms with van der Waals surface area (Å²) in [5.74, 6) is -2.06. The molecule has 4 N–H and O–H groups in total. The van der Waals surface area contributed by atoms with Crippen molar-refractivity contribution in [2.45, 2.75) is 49.3 Å². The fourth-order valence-corrected chi connectivity index (χ4v) is 4.93. The van der Waals surface area contributed by atoms with Gasteiger partial charge in [0.15, 0.2) is 0 Å². The quantitative estimate of drug-likeness (QED) is 0.310. The van der Waals surface area contributed by atoms with E-state index in [2.05, 4.69) is 10.6 Å². The minimum Gasteiger partial charge on any atom is -0.326 e. The number of benzene rings is 2. The third-order valence-corrected chi connectivity index (χ3v) is 7.41. The number of hydrogen-bond acceptors (Lipinski definition) is 8. The highest BCUT2D eigenvalue weighted by Crippen LogP contribution is 2.16. The molecule has 0 radical (unpaired) electrons. The summed E-state index contributed by atoms with van der Waals surface area (Å²) in [5.41, 5.74) is 0.756. The zero-order valence-electron chi connectivity index (χ0n) is 19.5. The van der Waals surface area contributed by atoms with Crippen LogP contribution in [0.2, 0.25) is 0 Å². The van der Waals surface area contributed by atoms with Crippen molar-refractivity contribution < 1.29 is 36.0 Å². The van der Waals surface area contributed by atoms with Crippen molar-refractivity contribution in [1.82, 2.24) is 9.44 Å². The Morgan fingerprint density at radius 3 is 1.17 bits per heavy atom. The third kappa shape index (κ3) is 9.11. The maximum absolute atomic E-state index is 12.1. The van der Waals surface area contributed by atoms with Crippen molar-refractivity contribution >= 4 is 55.1 Å². The van der Waals surface area contributed by atoms with Crippen LogP contribution in [-0.4, -0.2) is 40.5 Å². The molecule has 0 unspecified atom stereocenters. The maximum Gasteiger partial charge on any atom is 0.264 e. The number of sulfonamides is 2. The van der Waals surface area contributed by atoms with E-state index < -0.39 is 31.9 Å². The monoisotopic (exact) mass is 538 g/mol. The standard InChI is InChI=1S/C22H26N4O8S2/c1-15(27)25-35(31,32)19-11-7-17(8-12-19)23-21(29)5-3-4-6-22(30)24-18-9-13-20(14-10-18)36(33,34)26-16(2)28/h7-14H,3-6H2,1-2H3,(H,23,29)(H,24,30)(H,25,27)(H,26,28). The Hall–Kier alpha value is -3.78. The number of anilines is 2. The van der Waals surface area contributed by atoms with Gasteiger partial charge < -0.3 is 10.6 Å². The van der Waals surface area contributed by atoms with Gasteiger partial charge in [0.05, 0.1) is 9.79 Å². The lowest BCUT2D eigenvalue weighted by atomic mass is 10.1. The first-order valence-electron chi connectivity index (χ1n) is 10.6. The fraction of sp³-hybridized carbons (Fsp3) is 0.273. The summed E-state index contributed by atoms with van der Waals surface area (Å²) in [6.07, 6.45) is 1.11. The van der Waals surface area contributed by atoms with Crippen LogP contribution in [0.1, 0.15) is 39.5 Å². The molecule has 0 bridgehead atoms. The second-order valence-electron chi connectivity index (χ2n) is 7.68. The molecule has 4 amide bonds. The number of nitrogens with one attached hydrogen (secondary N) is 4. The average Bonchev–Trinajstić information content (AvgIpc) is 2.76. The van der Waals surface area contributed by atoms with E-state index >= 15 is 0 Å². The molecule has 0 saturated heterocycles. The summed E-state index contributed by atoms with van der Waals surface area (Å²) in [7, 11) is -7.92. The lowest BCUT2D eigenvalue weighted by Crippen LogP contribution is -2.28. The van der Waals surface area contributed by atoms with Gasteiger partial charge in [0.1, 0.15) is 0 Å². The van der Waals surface area contributed by atoms with E-state index in [0.717, 1.165) is 13.8 Å². The Kier molecular flexibility index (Phi) is 9.69. The Bertz CT molecular complexity index is 1230. The first-order valence-corrected chi connectivity index (χ1v) is 13.6. The van der Waals surface area contributed by atoms with Crippen LogP contribution < -0.4 is 20.1 Å². The minimum absolute atomic E-state index is 0.120. The molecular weight excluding hydrogens is 512 g/mol. The number of hydrogen-bond donors (Lipinski definition) is 4. The molecule has 0 aliphatic rings. The lowest BCUT2D eigenvalue weighted by molar-refractivity contribution is -0.118. The normalized spacial score (nSPS) is 11.3. The average molecular weight is 539 g/mol. The van der Waals surface area contributed by atoms with Gasteiger partial charge in [-0.05, 0) is 61.4 Å². The highest BCUT2D eigenvalue weighted by atomic mass is 32.2. The molecule has 0 fully saturated rings. The largest absolute Gasteiger partial charge is 0.326 e. The van der Waals surface area contributed by atoms with Gasteiger partial charge in [0.25, 0.3) is 20.0 Å². The number of carbonyl (C=O) groups excluding carboxylic acids is 4. The van der Waals surface area contributed by atoms with E-state index in [1.807, 2.05) is 9.44 Å². The lowest BCUT2D eigenvalue weighted by Gasteiger charge is -2.09. The number of amides is 4.